The van der Waals surface area contributed by atoms with Crippen molar-refractivity contribution in [2.75, 3.05) is 6.54 Å². The number of hydrogen-bond acceptors (Lipinski definition) is 3. The quantitative estimate of drug-likeness (QED) is 0.758. The van der Waals surface area contributed by atoms with Crippen molar-refractivity contribution in [3.63, 3.8) is 0 Å². The highest BCUT2D eigenvalue weighted by atomic mass is 16.6. The van der Waals surface area contributed by atoms with Gasteiger partial charge in [-0.2, -0.15) is 0 Å². The van der Waals surface area contributed by atoms with E-state index in [2.05, 4.69) is 48.6 Å². The molecule has 0 aliphatic carbocycles. The predicted octanol–water partition coefficient (Wildman–Crippen LogP) is 3.78. The largest absolute Gasteiger partial charge is 0.459 e. The minimum absolute atomic E-state index is 0.106. The predicted molar refractivity (Wildman–Crippen MR) is 108 cm³/mol. The van der Waals surface area contributed by atoms with E-state index in [9.17, 15) is 9.59 Å². The number of amides is 1. The summed E-state index contributed by atoms with van der Waals surface area (Å²) in [6.07, 6.45) is 2.21. The maximum absolute atomic E-state index is 12.0. The lowest BCUT2D eigenvalue weighted by molar-refractivity contribution is -0.154. The molecule has 0 saturated carbocycles. The highest BCUT2D eigenvalue weighted by molar-refractivity contribution is 5.83. The Labute approximate surface area is 161 Å². The SMILES string of the molecule is Cc1ccc(CCc2ccc(CC(=O)NCC(=O)OC(C)(C)C)cc2)cc1. The number of carbonyl (C=O) groups excluding carboxylic acids is 2. The smallest absolute Gasteiger partial charge is 0.325 e. The van der Waals surface area contributed by atoms with Crippen LogP contribution < -0.4 is 5.32 Å². The number of aryl methyl sites for hydroxylation is 3. The first kappa shape index (κ1) is 20.7. The molecule has 0 bridgehead atoms. The molecule has 0 radical (unpaired) electrons. The summed E-state index contributed by atoms with van der Waals surface area (Å²) in [7, 11) is 0. The molecule has 0 spiro atoms. The average molecular weight is 367 g/mol. The van der Waals surface area contributed by atoms with E-state index in [1.807, 2.05) is 12.1 Å². The van der Waals surface area contributed by atoms with Gasteiger partial charge in [0.05, 0.1) is 6.42 Å². The molecule has 4 nitrogen and oxygen atoms in total. The Bertz CT molecular complexity index is 756. The zero-order valence-electron chi connectivity index (χ0n) is 16.7. The molecule has 1 amide bonds. The van der Waals surface area contributed by atoms with Gasteiger partial charge in [0.2, 0.25) is 5.91 Å². The second-order valence-corrected chi connectivity index (χ2v) is 7.84. The van der Waals surface area contributed by atoms with Gasteiger partial charge < -0.3 is 10.1 Å². The number of rotatable bonds is 7. The first-order valence-corrected chi connectivity index (χ1v) is 9.33. The third kappa shape index (κ3) is 8.07. The lowest BCUT2D eigenvalue weighted by Crippen LogP contribution is -2.35. The topological polar surface area (TPSA) is 55.4 Å². The third-order valence-corrected chi connectivity index (χ3v) is 4.06. The molecule has 2 rings (SSSR count). The van der Waals surface area contributed by atoms with Gasteiger partial charge in [0.1, 0.15) is 12.1 Å². The van der Waals surface area contributed by atoms with Gasteiger partial charge in [0, 0.05) is 0 Å². The minimum atomic E-state index is -0.545. The van der Waals surface area contributed by atoms with Crippen molar-refractivity contribution in [1.82, 2.24) is 5.32 Å². The monoisotopic (exact) mass is 367 g/mol. The second-order valence-electron chi connectivity index (χ2n) is 7.84. The van der Waals surface area contributed by atoms with Gasteiger partial charge in [0.15, 0.2) is 0 Å². The molecule has 4 heteroatoms. The Morgan fingerprint density at radius 2 is 1.33 bits per heavy atom. The second kappa shape index (κ2) is 9.36. The zero-order valence-corrected chi connectivity index (χ0v) is 16.7. The van der Waals surface area contributed by atoms with Crippen LogP contribution in [0.15, 0.2) is 48.5 Å². The van der Waals surface area contributed by atoms with E-state index >= 15 is 0 Å². The van der Waals surface area contributed by atoms with E-state index in [0.29, 0.717) is 0 Å². The number of nitrogens with one attached hydrogen (secondary N) is 1. The fourth-order valence-corrected chi connectivity index (χ4v) is 2.66. The van der Waals surface area contributed by atoms with Crippen LogP contribution in [0.3, 0.4) is 0 Å². The Morgan fingerprint density at radius 1 is 0.852 bits per heavy atom. The lowest BCUT2D eigenvalue weighted by Gasteiger charge is -2.19. The molecular formula is C23H29NO3. The molecule has 0 saturated heterocycles. The Morgan fingerprint density at radius 3 is 1.85 bits per heavy atom. The van der Waals surface area contributed by atoms with Crippen LogP contribution in [0.1, 0.15) is 43.0 Å². The maximum atomic E-state index is 12.0. The van der Waals surface area contributed by atoms with E-state index in [4.69, 9.17) is 4.74 Å². The fraction of sp³-hybridized carbons (Fsp3) is 0.391. The summed E-state index contributed by atoms with van der Waals surface area (Å²) in [6.45, 7) is 7.38. The Balaban J connectivity index is 1.76. The number of esters is 1. The summed E-state index contributed by atoms with van der Waals surface area (Å²) >= 11 is 0. The molecule has 0 atom stereocenters. The van der Waals surface area contributed by atoms with Gasteiger partial charge in [-0.25, -0.2) is 0 Å². The van der Waals surface area contributed by atoms with Crippen molar-refractivity contribution in [2.24, 2.45) is 0 Å². The van der Waals surface area contributed by atoms with Crippen LogP contribution in [0.2, 0.25) is 0 Å². The van der Waals surface area contributed by atoms with Crippen LogP contribution >= 0.6 is 0 Å². The number of carbonyl (C=O) groups is 2. The summed E-state index contributed by atoms with van der Waals surface area (Å²) < 4.78 is 5.17. The van der Waals surface area contributed by atoms with E-state index in [1.54, 1.807) is 20.8 Å². The minimum Gasteiger partial charge on any atom is -0.459 e. The van der Waals surface area contributed by atoms with Crippen LogP contribution in [0.4, 0.5) is 0 Å². The van der Waals surface area contributed by atoms with Crippen LogP contribution in [0.25, 0.3) is 0 Å². The molecule has 2 aromatic rings. The van der Waals surface area contributed by atoms with E-state index in [0.717, 1.165) is 18.4 Å². The van der Waals surface area contributed by atoms with Crippen molar-refractivity contribution >= 4 is 11.9 Å². The normalized spacial score (nSPS) is 11.1. The highest BCUT2D eigenvalue weighted by Crippen LogP contribution is 2.11. The third-order valence-electron chi connectivity index (χ3n) is 4.06. The average Bonchev–Trinajstić information content (AvgIpc) is 2.59. The van der Waals surface area contributed by atoms with Gasteiger partial charge in [-0.05, 0) is 57.2 Å². The van der Waals surface area contributed by atoms with Crippen molar-refractivity contribution in [2.45, 2.75) is 52.6 Å². The van der Waals surface area contributed by atoms with Crippen molar-refractivity contribution in [3.05, 3.63) is 70.8 Å². The van der Waals surface area contributed by atoms with Crippen molar-refractivity contribution in [3.8, 4) is 0 Å². The first-order chi connectivity index (χ1) is 12.7. The molecule has 0 aliphatic heterocycles. The number of hydrogen-bond donors (Lipinski definition) is 1. The molecule has 0 aliphatic rings. The van der Waals surface area contributed by atoms with Crippen LogP contribution in [-0.2, 0) is 33.6 Å². The molecule has 0 heterocycles. The van der Waals surface area contributed by atoms with Gasteiger partial charge in [-0.3, -0.25) is 9.59 Å². The number of benzene rings is 2. The summed E-state index contributed by atoms with van der Waals surface area (Å²) in [5, 5.41) is 2.61. The number of ether oxygens (including phenoxy) is 1. The van der Waals surface area contributed by atoms with Crippen molar-refractivity contribution in [1.29, 1.82) is 0 Å². The molecule has 144 valence electrons. The summed E-state index contributed by atoms with van der Waals surface area (Å²) in [6, 6.07) is 16.7. The standard InChI is InChI=1S/C23H29NO3/c1-17-5-7-18(8-6-17)9-10-19-11-13-20(14-12-19)15-21(25)24-16-22(26)27-23(2,3)4/h5-8,11-14H,9-10,15-16H2,1-4H3,(H,24,25). The molecule has 27 heavy (non-hydrogen) atoms. The molecule has 0 unspecified atom stereocenters. The van der Waals surface area contributed by atoms with Gasteiger partial charge in [0.25, 0.3) is 0 Å². The summed E-state index contributed by atoms with van der Waals surface area (Å²) in [5.41, 5.74) is 4.22. The fourth-order valence-electron chi connectivity index (χ4n) is 2.66. The maximum Gasteiger partial charge on any atom is 0.325 e. The van der Waals surface area contributed by atoms with Gasteiger partial charge in [-0.1, -0.05) is 54.1 Å². The van der Waals surface area contributed by atoms with E-state index in [1.165, 1.54) is 16.7 Å². The molecular weight excluding hydrogens is 338 g/mol. The van der Waals surface area contributed by atoms with Crippen LogP contribution in [0.5, 0.6) is 0 Å². The van der Waals surface area contributed by atoms with Gasteiger partial charge in [-0.15, -0.1) is 0 Å². The highest BCUT2D eigenvalue weighted by Gasteiger charge is 2.16. The Hall–Kier alpha value is -2.62. The lowest BCUT2D eigenvalue weighted by atomic mass is 10.0. The van der Waals surface area contributed by atoms with Gasteiger partial charge >= 0.3 is 5.97 Å². The molecule has 0 aromatic heterocycles. The molecule has 1 N–H and O–H groups in total. The van der Waals surface area contributed by atoms with Crippen molar-refractivity contribution < 1.29 is 14.3 Å². The first-order valence-electron chi connectivity index (χ1n) is 9.33. The van der Waals surface area contributed by atoms with Crippen LogP contribution in [0, 0.1) is 6.92 Å². The molecule has 2 aromatic carbocycles. The van der Waals surface area contributed by atoms with Crippen LogP contribution in [-0.4, -0.2) is 24.0 Å². The zero-order chi connectivity index (χ0) is 19.9. The summed E-state index contributed by atoms with van der Waals surface area (Å²) in [4.78, 5) is 23.6. The summed E-state index contributed by atoms with van der Waals surface area (Å²) in [5.74, 6) is -0.615. The van der Waals surface area contributed by atoms with E-state index in [-0.39, 0.29) is 18.9 Å². The Kier molecular flexibility index (Phi) is 7.17. The molecule has 0 fully saturated rings. The van der Waals surface area contributed by atoms with E-state index < -0.39 is 11.6 Å².